The second-order valence-corrected chi connectivity index (χ2v) is 7.70. The zero-order valence-corrected chi connectivity index (χ0v) is 17.5. The number of thiazole rings is 1. The fourth-order valence-electron chi connectivity index (χ4n) is 3.28. The van der Waals surface area contributed by atoms with Crippen molar-refractivity contribution in [2.75, 3.05) is 44.3 Å². The maximum Gasteiger partial charge on any atom is 0.260 e. The molecule has 0 N–H and O–H groups in total. The normalized spacial score (nSPS) is 14.6. The van der Waals surface area contributed by atoms with Crippen LogP contribution in [0.3, 0.4) is 0 Å². The van der Waals surface area contributed by atoms with Crippen molar-refractivity contribution in [3.8, 4) is 0 Å². The van der Waals surface area contributed by atoms with E-state index >= 15 is 0 Å². The van der Waals surface area contributed by atoms with Crippen LogP contribution >= 0.6 is 23.7 Å². The number of fused-ring (bicyclic) bond motifs is 1. The Balaban J connectivity index is 0.00000225. The molecule has 7 heteroatoms. The van der Waals surface area contributed by atoms with E-state index in [4.69, 9.17) is 9.72 Å². The number of hydrogen-bond acceptors (Lipinski definition) is 5. The van der Waals surface area contributed by atoms with Gasteiger partial charge in [-0.2, -0.15) is 0 Å². The minimum absolute atomic E-state index is 0. The van der Waals surface area contributed by atoms with Crippen molar-refractivity contribution in [1.82, 2.24) is 9.88 Å². The van der Waals surface area contributed by atoms with E-state index in [2.05, 4.69) is 24.0 Å². The molecule has 0 radical (unpaired) electrons. The number of para-hydroxylation sites is 1. The number of benzene rings is 2. The third-order valence-electron chi connectivity index (χ3n) is 4.85. The van der Waals surface area contributed by atoms with Crippen LogP contribution in [0.1, 0.15) is 15.9 Å². The predicted molar refractivity (Wildman–Crippen MR) is 117 cm³/mol. The maximum absolute atomic E-state index is 13.2. The SMILES string of the molecule is Cc1cccc2sc(N(CCN3CCOCC3)C(=O)c3ccccc3)nc12.Cl. The van der Waals surface area contributed by atoms with E-state index in [1.54, 1.807) is 11.3 Å². The van der Waals surface area contributed by atoms with Crippen molar-refractivity contribution in [3.63, 3.8) is 0 Å². The highest BCUT2D eigenvalue weighted by Gasteiger charge is 2.23. The highest BCUT2D eigenvalue weighted by Crippen LogP contribution is 2.31. The van der Waals surface area contributed by atoms with Crippen LogP contribution in [0, 0.1) is 6.92 Å². The summed E-state index contributed by atoms with van der Waals surface area (Å²) in [4.78, 5) is 22.2. The molecule has 2 aromatic carbocycles. The number of nitrogens with zero attached hydrogens (tertiary/aromatic N) is 3. The number of amides is 1. The number of aryl methyl sites for hydroxylation is 1. The lowest BCUT2D eigenvalue weighted by molar-refractivity contribution is 0.0391. The second-order valence-electron chi connectivity index (χ2n) is 6.69. The molecule has 4 rings (SSSR count). The predicted octanol–water partition coefficient (Wildman–Crippen LogP) is 4.01. The molecular weight excluding hydrogens is 394 g/mol. The Bertz CT molecular complexity index is 926. The highest BCUT2D eigenvalue weighted by atomic mass is 35.5. The third kappa shape index (κ3) is 4.52. The van der Waals surface area contributed by atoms with Crippen molar-refractivity contribution in [2.45, 2.75) is 6.92 Å². The minimum Gasteiger partial charge on any atom is -0.379 e. The molecule has 1 amide bonds. The number of rotatable bonds is 5. The molecule has 1 aliphatic heterocycles. The van der Waals surface area contributed by atoms with E-state index < -0.39 is 0 Å². The molecule has 148 valence electrons. The Kier molecular flexibility index (Phi) is 7.02. The number of aromatic nitrogens is 1. The largest absolute Gasteiger partial charge is 0.379 e. The standard InChI is InChI=1S/C21H23N3O2S.ClH/c1-16-6-5-9-18-19(16)22-21(27-18)24(11-10-23-12-14-26-15-13-23)20(25)17-7-3-2-4-8-17;/h2-9H,10-15H2,1H3;1H. The van der Waals surface area contributed by atoms with Crippen LogP contribution in [0.4, 0.5) is 5.13 Å². The number of carbonyl (C=O) groups excluding carboxylic acids is 1. The van der Waals surface area contributed by atoms with E-state index in [1.165, 1.54) is 0 Å². The Morgan fingerprint density at radius 2 is 1.89 bits per heavy atom. The molecule has 0 unspecified atom stereocenters. The van der Waals surface area contributed by atoms with E-state index in [1.807, 2.05) is 41.3 Å². The van der Waals surface area contributed by atoms with Gasteiger partial charge in [-0.25, -0.2) is 4.98 Å². The molecule has 3 aromatic rings. The van der Waals surface area contributed by atoms with Crippen LogP contribution in [-0.4, -0.2) is 55.2 Å². The summed E-state index contributed by atoms with van der Waals surface area (Å²) >= 11 is 1.58. The Labute approximate surface area is 175 Å². The Hall–Kier alpha value is -1.99. The van der Waals surface area contributed by atoms with E-state index in [9.17, 15) is 4.79 Å². The molecule has 2 heterocycles. The number of carbonyl (C=O) groups is 1. The third-order valence-corrected chi connectivity index (χ3v) is 5.89. The first-order chi connectivity index (χ1) is 13.2. The van der Waals surface area contributed by atoms with Crippen molar-refractivity contribution >= 4 is 45.0 Å². The zero-order valence-electron chi connectivity index (χ0n) is 15.8. The fourth-order valence-corrected chi connectivity index (χ4v) is 4.34. The molecule has 0 aliphatic carbocycles. The van der Waals surface area contributed by atoms with Crippen molar-refractivity contribution < 1.29 is 9.53 Å². The van der Waals surface area contributed by atoms with Crippen LogP contribution in [0.5, 0.6) is 0 Å². The summed E-state index contributed by atoms with van der Waals surface area (Å²) in [5.41, 5.74) is 2.81. The highest BCUT2D eigenvalue weighted by molar-refractivity contribution is 7.22. The molecule has 0 atom stereocenters. The van der Waals surface area contributed by atoms with Gasteiger partial charge in [-0.1, -0.05) is 41.7 Å². The Morgan fingerprint density at radius 1 is 1.14 bits per heavy atom. The molecule has 1 saturated heterocycles. The lowest BCUT2D eigenvalue weighted by Crippen LogP contribution is -2.43. The molecule has 5 nitrogen and oxygen atoms in total. The fraction of sp³-hybridized carbons (Fsp3) is 0.333. The number of halogens is 1. The van der Waals surface area contributed by atoms with Gasteiger partial charge in [0.2, 0.25) is 0 Å². The van der Waals surface area contributed by atoms with Crippen molar-refractivity contribution in [1.29, 1.82) is 0 Å². The summed E-state index contributed by atoms with van der Waals surface area (Å²) in [5.74, 6) is 0.000527. The summed E-state index contributed by atoms with van der Waals surface area (Å²) in [6.07, 6.45) is 0. The smallest absolute Gasteiger partial charge is 0.260 e. The summed E-state index contributed by atoms with van der Waals surface area (Å²) < 4.78 is 6.54. The maximum atomic E-state index is 13.2. The first-order valence-electron chi connectivity index (χ1n) is 9.25. The monoisotopic (exact) mass is 417 g/mol. The van der Waals surface area contributed by atoms with E-state index in [0.717, 1.165) is 53.8 Å². The van der Waals surface area contributed by atoms with Crippen LogP contribution in [0.15, 0.2) is 48.5 Å². The molecule has 28 heavy (non-hydrogen) atoms. The van der Waals surface area contributed by atoms with Crippen molar-refractivity contribution in [2.24, 2.45) is 0 Å². The molecule has 0 saturated carbocycles. The molecule has 0 spiro atoms. The average molecular weight is 418 g/mol. The lowest BCUT2D eigenvalue weighted by atomic mass is 10.2. The lowest BCUT2D eigenvalue weighted by Gasteiger charge is -2.29. The van der Waals surface area contributed by atoms with Gasteiger partial charge in [0.05, 0.1) is 23.4 Å². The first-order valence-corrected chi connectivity index (χ1v) is 10.1. The van der Waals surface area contributed by atoms with E-state index in [0.29, 0.717) is 12.1 Å². The van der Waals surface area contributed by atoms with Gasteiger partial charge in [-0.05, 0) is 30.7 Å². The summed E-state index contributed by atoms with van der Waals surface area (Å²) in [7, 11) is 0. The number of hydrogen-bond donors (Lipinski definition) is 0. The zero-order chi connectivity index (χ0) is 18.6. The molecular formula is C21H24ClN3O2S. The van der Waals surface area contributed by atoms with Crippen LogP contribution in [0.2, 0.25) is 0 Å². The summed E-state index contributed by atoms with van der Waals surface area (Å²) in [6, 6.07) is 15.6. The second kappa shape index (κ2) is 9.47. The van der Waals surface area contributed by atoms with Gasteiger partial charge < -0.3 is 4.74 Å². The van der Waals surface area contributed by atoms with Gasteiger partial charge in [0.15, 0.2) is 5.13 Å². The minimum atomic E-state index is 0. The van der Waals surface area contributed by atoms with Gasteiger partial charge in [0, 0.05) is 31.7 Å². The topological polar surface area (TPSA) is 45.7 Å². The molecule has 1 aromatic heterocycles. The first kappa shape index (κ1) is 20.7. The molecule has 1 fully saturated rings. The molecule has 0 bridgehead atoms. The van der Waals surface area contributed by atoms with Crippen LogP contribution < -0.4 is 4.90 Å². The van der Waals surface area contributed by atoms with Gasteiger partial charge >= 0.3 is 0 Å². The summed E-state index contributed by atoms with van der Waals surface area (Å²) in [6.45, 7) is 6.82. The average Bonchev–Trinajstić information content (AvgIpc) is 3.15. The van der Waals surface area contributed by atoms with Crippen molar-refractivity contribution in [3.05, 3.63) is 59.7 Å². The number of morpholine rings is 1. The van der Waals surface area contributed by atoms with Crippen LogP contribution in [0.25, 0.3) is 10.2 Å². The van der Waals surface area contributed by atoms with Gasteiger partial charge in [-0.3, -0.25) is 14.6 Å². The van der Waals surface area contributed by atoms with Gasteiger partial charge in [0.25, 0.3) is 5.91 Å². The van der Waals surface area contributed by atoms with E-state index in [-0.39, 0.29) is 18.3 Å². The Morgan fingerprint density at radius 3 is 2.61 bits per heavy atom. The number of ether oxygens (including phenoxy) is 1. The van der Waals surface area contributed by atoms with Gasteiger partial charge in [0.1, 0.15) is 0 Å². The van der Waals surface area contributed by atoms with Crippen LogP contribution in [-0.2, 0) is 4.74 Å². The summed E-state index contributed by atoms with van der Waals surface area (Å²) in [5, 5.41) is 0.765. The quantitative estimate of drug-likeness (QED) is 0.629. The molecule has 1 aliphatic rings. The van der Waals surface area contributed by atoms with Gasteiger partial charge in [-0.15, -0.1) is 12.4 Å². The number of anilines is 1.